The largest absolute Gasteiger partial charge is 0.345 e. The van der Waals surface area contributed by atoms with Crippen LogP contribution in [0.25, 0.3) is 0 Å². The maximum absolute atomic E-state index is 12.8. The van der Waals surface area contributed by atoms with Gasteiger partial charge in [-0.3, -0.25) is 9.10 Å². The van der Waals surface area contributed by atoms with Crippen molar-refractivity contribution in [1.82, 2.24) is 5.32 Å². The Labute approximate surface area is 162 Å². The van der Waals surface area contributed by atoms with Crippen LogP contribution < -0.4 is 9.62 Å². The summed E-state index contributed by atoms with van der Waals surface area (Å²) in [4.78, 5) is 12.8. The highest BCUT2D eigenvalue weighted by molar-refractivity contribution is 7.92. The molecule has 0 saturated heterocycles. The first-order chi connectivity index (χ1) is 12.5. The van der Waals surface area contributed by atoms with E-state index in [4.69, 9.17) is 0 Å². The summed E-state index contributed by atoms with van der Waals surface area (Å²) in [7, 11) is -1.91. The van der Waals surface area contributed by atoms with Gasteiger partial charge in [0.1, 0.15) is 0 Å². The third-order valence-corrected chi connectivity index (χ3v) is 6.01. The van der Waals surface area contributed by atoms with Crippen LogP contribution in [0.5, 0.6) is 0 Å². The van der Waals surface area contributed by atoms with Gasteiger partial charge in [0, 0.05) is 12.6 Å². The standard InChI is InChI=1S/C21H28N2O3S/c1-7-19(18-11-8-14(2)12-16(18)4)22-21(24)17-10-9-15(3)20(13-17)23(5)27(6,25)26/h8-13,19H,7H2,1-6H3,(H,22,24). The Kier molecular flexibility index (Phi) is 6.31. The number of amides is 1. The van der Waals surface area contributed by atoms with E-state index in [0.29, 0.717) is 11.3 Å². The number of carbonyl (C=O) groups is 1. The summed E-state index contributed by atoms with van der Waals surface area (Å²) < 4.78 is 24.9. The molecule has 1 N–H and O–H groups in total. The van der Waals surface area contributed by atoms with Gasteiger partial charge in [0.25, 0.3) is 5.91 Å². The minimum Gasteiger partial charge on any atom is -0.345 e. The van der Waals surface area contributed by atoms with Crippen LogP contribution in [0.15, 0.2) is 36.4 Å². The van der Waals surface area contributed by atoms with Gasteiger partial charge in [0.15, 0.2) is 0 Å². The van der Waals surface area contributed by atoms with Crippen molar-refractivity contribution in [1.29, 1.82) is 0 Å². The number of aryl methyl sites for hydroxylation is 3. The normalized spacial score (nSPS) is 12.5. The van der Waals surface area contributed by atoms with E-state index < -0.39 is 10.0 Å². The van der Waals surface area contributed by atoms with Gasteiger partial charge in [-0.1, -0.05) is 36.8 Å². The van der Waals surface area contributed by atoms with E-state index in [-0.39, 0.29) is 11.9 Å². The van der Waals surface area contributed by atoms with Crippen LogP contribution >= 0.6 is 0 Å². The quantitative estimate of drug-likeness (QED) is 0.816. The molecule has 146 valence electrons. The zero-order valence-electron chi connectivity index (χ0n) is 16.8. The van der Waals surface area contributed by atoms with Gasteiger partial charge in [0.05, 0.1) is 18.0 Å². The van der Waals surface area contributed by atoms with Gasteiger partial charge in [-0.25, -0.2) is 8.42 Å². The van der Waals surface area contributed by atoms with Gasteiger partial charge in [-0.2, -0.15) is 0 Å². The third kappa shape index (κ3) is 4.89. The first kappa shape index (κ1) is 21.0. The van der Waals surface area contributed by atoms with Crippen LogP contribution in [0.3, 0.4) is 0 Å². The maximum atomic E-state index is 12.8. The van der Waals surface area contributed by atoms with E-state index in [1.54, 1.807) is 18.2 Å². The molecule has 0 spiro atoms. The molecular formula is C21H28N2O3S. The van der Waals surface area contributed by atoms with Gasteiger partial charge in [-0.15, -0.1) is 0 Å². The van der Waals surface area contributed by atoms with Crippen LogP contribution in [0.2, 0.25) is 0 Å². The summed E-state index contributed by atoms with van der Waals surface area (Å²) >= 11 is 0. The summed E-state index contributed by atoms with van der Waals surface area (Å²) in [5, 5.41) is 3.08. The minimum absolute atomic E-state index is 0.101. The van der Waals surface area contributed by atoms with Crippen LogP contribution in [0.4, 0.5) is 5.69 Å². The average molecular weight is 389 g/mol. The van der Waals surface area contributed by atoms with E-state index >= 15 is 0 Å². The van der Waals surface area contributed by atoms with E-state index in [0.717, 1.165) is 29.4 Å². The molecule has 0 aliphatic carbocycles. The molecule has 0 heterocycles. The van der Waals surface area contributed by atoms with Crippen LogP contribution in [-0.4, -0.2) is 27.6 Å². The van der Waals surface area contributed by atoms with E-state index in [9.17, 15) is 13.2 Å². The Morgan fingerprint density at radius 3 is 2.30 bits per heavy atom. The summed E-state index contributed by atoms with van der Waals surface area (Å²) in [5.41, 5.74) is 5.16. The molecule has 6 heteroatoms. The summed E-state index contributed by atoms with van der Waals surface area (Å²) in [6.07, 6.45) is 1.91. The molecule has 1 atom stereocenters. The third-order valence-electron chi connectivity index (χ3n) is 4.82. The number of carbonyl (C=O) groups excluding carboxylic acids is 1. The van der Waals surface area contributed by atoms with Gasteiger partial charge in [0.2, 0.25) is 10.0 Å². The zero-order valence-corrected chi connectivity index (χ0v) is 17.6. The molecule has 5 nitrogen and oxygen atoms in total. The second kappa shape index (κ2) is 8.13. The molecule has 1 amide bonds. The Balaban J connectivity index is 2.32. The van der Waals surface area contributed by atoms with E-state index in [2.05, 4.69) is 17.4 Å². The lowest BCUT2D eigenvalue weighted by Gasteiger charge is -2.22. The van der Waals surface area contributed by atoms with Crippen molar-refractivity contribution in [2.45, 2.75) is 40.2 Å². The number of sulfonamides is 1. The lowest BCUT2D eigenvalue weighted by molar-refractivity contribution is 0.0935. The second-order valence-electron chi connectivity index (χ2n) is 7.03. The minimum atomic E-state index is -3.40. The van der Waals surface area contributed by atoms with Crippen molar-refractivity contribution < 1.29 is 13.2 Å². The predicted octanol–water partition coefficient (Wildman–Crippen LogP) is 3.89. The number of hydrogen-bond acceptors (Lipinski definition) is 3. The molecule has 2 aromatic carbocycles. The molecule has 0 bridgehead atoms. The Hall–Kier alpha value is -2.34. The molecule has 2 rings (SSSR count). The van der Waals surface area contributed by atoms with Crippen molar-refractivity contribution in [3.05, 3.63) is 64.2 Å². The molecule has 2 aromatic rings. The summed E-state index contributed by atoms with van der Waals surface area (Å²) in [5.74, 6) is -0.218. The summed E-state index contributed by atoms with van der Waals surface area (Å²) in [6, 6.07) is 11.2. The number of nitrogens with zero attached hydrogens (tertiary/aromatic N) is 1. The molecule has 0 radical (unpaired) electrons. The Morgan fingerprint density at radius 1 is 1.07 bits per heavy atom. The van der Waals surface area contributed by atoms with Crippen LogP contribution in [0, 0.1) is 20.8 Å². The highest BCUT2D eigenvalue weighted by Crippen LogP contribution is 2.25. The van der Waals surface area contributed by atoms with Crippen molar-refractivity contribution in [2.24, 2.45) is 0 Å². The highest BCUT2D eigenvalue weighted by Gasteiger charge is 2.19. The molecule has 27 heavy (non-hydrogen) atoms. The van der Waals surface area contributed by atoms with E-state index in [1.807, 2.05) is 33.8 Å². The smallest absolute Gasteiger partial charge is 0.251 e. The van der Waals surface area contributed by atoms with Crippen LogP contribution in [0.1, 0.15) is 52.0 Å². The van der Waals surface area contributed by atoms with E-state index in [1.165, 1.54) is 16.9 Å². The molecule has 0 aromatic heterocycles. The van der Waals surface area contributed by atoms with Crippen LogP contribution in [-0.2, 0) is 10.0 Å². The van der Waals surface area contributed by atoms with Crippen molar-refractivity contribution >= 4 is 21.6 Å². The summed E-state index contributed by atoms with van der Waals surface area (Å²) in [6.45, 7) is 7.94. The number of rotatable bonds is 6. The zero-order chi connectivity index (χ0) is 20.4. The number of benzene rings is 2. The lowest BCUT2D eigenvalue weighted by Crippen LogP contribution is -2.29. The first-order valence-corrected chi connectivity index (χ1v) is 10.8. The fourth-order valence-corrected chi connectivity index (χ4v) is 3.68. The first-order valence-electron chi connectivity index (χ1n) is 8.97. The fraction of sp³-hybridized carbons (Fsp3) is 0.381. The van der Waals surface area contributed by atoms with Gasteiger partial charge in [-0.05, 0) is 56.0 Å². The Bertz CT molecular complexity index is 952. The molecule has 1 unspecified atom stereocenters. The molecule has 0 fully saturated rings. The molecule has 0 aliphatic rings. The Morgan fingerprint density at radius 2 is 1.74 bits per heavy atom. The van der Waals surface area contributed by atoms with Crippen molar-refractivity contribution in [2.75, 3.05) is 17.6 Å². The molecule has 0 saturated carbocycles. The maximum Gasteiger partial charge on any atom is 0.251 e. The topological polar surface area (TPSA) is 66.5 Å². The average Bonchev–Trinajstić information content (AvgIpc) is 2.59. The van der Waals surface area contributed by atoms with Crippen molar-refractivity contribution in [3.8, 4) is 0 Å². The lowest BCUT2D eigenvalue weighted by atomic mass is 9.97. The monoisotopic (exact) mass is 388 g/mol. The second-order valence-corrected chi connectivity index (χ2v) is 9.04. The molecule has 0 aliphatic heterocycles. The van der Waals surface area contributed by atoms with Gasteiger partial charge < -0.3 is 5.32 Å². The van der Waals surface area contributed by atoms with Crippen molar-refractivity contribution in [3.63, 3.8) is 0 Å². The fourth-order valence-electron chi connectivity index (χ4n) is 3.13. The number of anilines is 1. The van der Waals surface area contributed by atoms with Gasteiger partial charge >= 0.3 is 0 Å². The number of nitrogens with one attached hydrogen (secondary N) is 1. The highest BCUT2D eigenvalue weighted by atomic mass is 32.2. The predicted molar refractivity (Wildman–Crippen MR) is 111 cm³/mol. The SMILES string of the molecule is CCC(NC(=O)c1ccc(C)c(N(C)S(C)(=O)=O)c1)c1ccc(C)cc1C. The number of hydrogen-bond donors (Lipinski definition) is 1. The molecular weight excluding hydrogens is 360 g/mol.